The fraction of sp³-hybridized carbons (Fsp3) is 0. The molecule has 0 saturated carbocycles. The van der Waals surface area contributed by atoms with Crippen LogP contribution in [0.15, 0.2) is 87.5 Å². The monoisotopic (exact) mass is 755 g/mol. The molecule has 0 unspecified atom stereocenters. The molecule has 0 bridgehead atoms. The molecule has 3 aromatic rings. The minimum Gasteiger partial charge on any atom is -0.537 e. The number of carbonyl (C=O) groups excluding carboxylic acids is 3. The Morgan fingerprint density at radius 1 is 0.405 bits per heavy atom. The van der Waals surface area contributed by atoms with Crippen molar-refractivity contribution in [3.05, 3.63) is 104 Å². The molecular formula is C21H12BiN3O9S3. The van der Waals surface area contributed by atoms with Crippen LogP contribution in [0.5, 0.6) is 0 Å². The molecule has 37 heavy (non-hydrogen) atoms. The van der Waals surface area contributed by atoms with Crippen LogP contribution >= 0.6 is 0 Å². The van der Waals surface area contributed by atoms with Gasteiger partial charge in [0.1, 0.15) is 30.1 Å². The number of amides is 3. The van der Waals surface area contributed by atoms with E-state index < -0.39 is 47.8 Å². The minimum atomic E-state index is -3.68. The zero-order valence-electron chi connectivity index (χ0n) is 18.1. The number of carbonyl (C=O) groups is 3. The number of sulfonamides is 3. The Kier molecular flexibility index (Phi) is 7.89. The van der Waals surface area contributed by atoms with Crippen molar-refractivity contribution in [2.75, 3.05) is 0 Å². The molecule has 3 heterocycles. The van der Waals surface area contributed by atoms with Crippen LogP contribution < -0.4 is 0 Å². The Bertz CT molecular complexity index is 1560. The van der Waals surface area contributed by atoms with Crippen LogP contribution in [0.2, 0.25) is 0 Å². The predicted molar refractivity (Wildman–Crippen MR) is 130 cm³/mol. The van der Waals surface area contributed by atoms with Gasteiger partial charge in [0, 0.05) is 16.7 Å². The average molecular weight is 756 g/mol. The number of benzene rings is 3. The smallest absolute Gasteiger partial charge is 0.537 e. The maximum Gasteiger partial charge on any atom is 3.00 e. The first-order chi connectivity index (χ1) is 16.8. The third kappa shape index (κ3) is 5.56. The van der Waals surface area contributed by atoms with Gasteiger partial charge in [0.15, 0.2) is 0 Å². The van der Waals surface area contributed by atoms with Crippen LogP contribution in [0.4, 0.5) is 0 Å². The van der Waals surface area contributed by atoms with E-state index in [0.29, 0.717) is 0 Å². The van der Waals surface area contributed by atoms with Gasteiger partial charge < -0.3 is 28.5 Å². The minimum absolute atomic E-state index is 0. The molecule has 0 aromatic heterocycles. The van der Waals surface area contributed by atoms with E-state index in [1.54, 1.807) is 36.4 Å². The van der Waals surface area contributed by atoms with Crippen LogP contribution in [0, 0.1) is 0 Å². The third-order valence-corrected chi connectivity index (χ3v) is 8.75. The van der Waals surface area contributed by atoms with E-state index in [1.165, 1.54) is 36.4 Å². The first-order valence-electron chi connectivity index (χ1n) is 9.68. The summed E-state index contributed by atoms with van der Waals surface area (Å²) in [6, 6.07) is 18.0. The topological polar surface area (TPSA) is 196 Å². The van der Waals surface area contributed by atoms with Gasteiger partial charge in [0.05, 0.1) is 32.4 Å². The number of hydrogen-bond acceptors (Lipinski definition) is 9. The maximum atomic E-state index is 11.1. The van der Waals surface area contributed by atoms with Crippen molar-refractivity contribution in [3.8, 4) is 0 Å². The predicted octanol–water partition coefficient (Wildman–Crippen LogP) is 2.33. The molecule has 3 aromatic carbocycles. The van der Waals surface area contributed by atoms with Crippen LogP contribution in [0.25, 0.3) is 14.2 Å². The molecule has 16 heteroatoms. The largest absolute Gasteiger partial charge is 3.00 e. The van der Waals surface area contributed by atoms with E-state index in [2.05, 4.69) is 14.2 Å². The van der Waals surface area contributed by atoms with Gasteiger partial charge in [-0.3, -0.25) is 0 Å². The average Bonchev–Trinajstić information content (AvgIpc) is 3.32. The molecule has 0 N–H and O–H groups in total. The van der Waals surface area contributed by atoms with Crippen molar-refractivity contribution in [2.45, 2.75) is 14.7 Å². The fourth-order valence-corrected chi connectivity index (χ4v) is 6.52. The van der Waals surface area contributed by atoms with Crippen LogP contribution in [0.1, 0.15) is 31.1 Å². The summed E-state index contributed by atoms with van der Waals surface area (Å²) in [4.78, 5) is 32.8. The van der Waals surface area contributed by atoms with Gasteiger partial charge in [-0.25, -0.2) is 25.3 Å². The molecule has 188 valence electrons. The van der Waals surface area contributed by atoms with Gasteiger partial charge >= 0.3 is 26.2 Å². The fourth-order valence-electron chi connectivity index (χ4n) is 3.23. The normalized spacial score (nSPS) is 18.0. The zero-order valence-corrected chi connectivity index (χ0v) is 24.0. The summed E-state index contributed by atoms with van der Waals surface area (Å²) in [5.41, 5.74) is 0.493. The summed E-state index contributed by atoms with van der Waals surface area (Å²) >= 11 is 0. The maximum absolute atomic E-state index is 11.1. The number of fused-ring (bicyclic) bond motifs is 3. The van der Waals surface area contributed by atoms with E-state index in [4.69, 9.17) is 0 Å². The molecule has 6 rings (SSSR count). The Balaban J connectivity index is 0.000000152. The first-order valence-corrected chi connectivity index (χ1v) is 14.0. The molecule has 0 saturated heterocycles. The molecule has 3 amide bonds. The second-order valence-electron chi connectivity index (χ2n) is 7.10. The van der Waals surface area contributed by atoms with Crippen LogP contribution in [0.3, 0.4) is 0 Å². The number of rotatable bonds is 0. The van der Waals surface area contributed by atoms with E-state index >= 15 is 0 Å². The van der Waals surface area contributed by atoms with Crippen molar-refractivity contribution in [1.29, 1.82) is 0 Å². The quantitative estimate of drug-likeness (QED) is 0.310. The molecule has 3 aliphatic heterocycles. The second-order valence-corrected chi connectivity index (χ2v) is 11.8. The number of hydrogen-bond donors (Lipinski definition) is 0. The standard InChI is InChI=1S/3C7H5NO3S.Bi/c3*9-7-5-3-1-2-4-6(5)12(10,11)8-7;/h3*1-4H,(H,8,9);/q;;;+3/p-3. The van der Waals surface area contributed by atoms with Crippen molar-refractivity contribution < 1.29 is 39.6 Å². The summed E-state index contributed by atoms with van der Waals surface area (Å²) in [5, 5.41) is 0. The van der Waals surface area contributed by atoms with Gasteiger partial charge in [-0.05, 0) is 18.2 Å². The molecule has 3 aliphatic rings. The van der Waals surface area contributed by atoms with Gasteiger partial charge in [-0.15, -0.1) is 0 Å². The Hall–Kier alpha value is -3.20. The van der Waals surface area contributed by atoms with Crippen molar-refractivity contribution in [1.82, 2.24) is 0 Å². The summed E-state index contributed by atoms with van der Waals surface area (Å²) in [5.74, 6) is -2.03. The van der Waals surface area contributed by atoms with E-state index in [-0.39, 0.29) is 57.6 Å². The molecule has 0 atom stereocenters. The van der Waals surface area contributed by atoms with Crippen LogP contribution in [-0.4, -0.2) is 69.2 Å². The van der Waals surface area contributed by atoms with Gasteiger partial charge in [-0.2, -0.15) is 0 Å². The van der Waals surface area contributed by atoms with E-state index in [1.807, 2.05) is 0 Å². The van der Waals surface area contributed by atoms with Crippen molar-refractivity contribution >= 4 is 74.0 Å². The Morgan fingerprint density at radius 3 is 0.838 bits per heavy atom. The van der Waals surface area contributed by atoms with Crippen molar-refractivity contribution in [3.63, 3.8) is 0 Å². The Morgan fingerprint density at radius 2 is 0.622 bits per heavy atom. The first kappa shape index (κ1) is 28.4. The molecule has 12 nitrogen and oxygen atoms in total. The second kappa shape index (κ2) is 10.3. The molecule has 2 radical (unpaired) electrons. The number of nitrogens with zero attached hydrogens (tertiary/aromatic N) is 3. The summed E-state index contributed by atoms with van der Waals surface area (Å²) in [6.45, 7) is 0. The summed E-state index contributed by atoms with van der Waals surface area (Å²) < 4.78 is 75.5. The van der Waals surface area contributed by atoms with E-state index in [0.717, 1.165) is 0 Å². The molecule has 0 aliphatic carbocycles. The van der Waals surface area contributed by atoms with Crippen molar-refractivity contribution in [2.24, 2.45) is 0 Å². The van der Waals surface area contributed by atoms with Gasteiger partial charge in [0.25, 0.3) is 0 Å². The van der Waals surface area contributed by atoms with E-state index in [9.17, 15) is 39.6 Å². The van der Waals surface area contributed by atoms with Gasteiger partial charge in [0.2, 0.25) is 0 Å². The zero-order chi connectivity index (χ0) is 26.3. The molecule has 0 fully saturated rings. The molecule has 0 spiro atoms. The molecular weight excluding hydrogens is 743 g/mol. The summed E-state index contributed by atoms with van der Waals surface area (Å²) in [6.07, 6.45) is 0. The SMILES string of the molecule is O=C1[N-]S(=O)(=O)c2ccccc21.O=C1[N-]S(=O)(=O)c2ccccc21.O=C1[N-]S(=O)(=O)c2ccccc21.[Bi+3]. The Labute approximate surface area is 230 Å². The van der Waals surface area contributed by atoms with Gasteiger partial charge in [-0.1, -0.05) is 54.6 Å². The summed E-state index contributed by atoms with van der Waals surface area (Å²) in [7, 11) is -11.0. The van der Waals surface area contributed by atoms with Crippen LogP contribution in [-0.2, 0) is 30.1 Å². The third-order valence-electron chi connectivity index (χ3n) is 4.80.